The molecule has 1 aromatic heterocycles. The van der Waals surface area contributed by atoms with Crippen LogP contribution in [0, 0.1) is 0 Å². The molecular formula is C14H22N2O2S. The Hall–Kier alpha value is -0.940. The van der Waals surface area contributed by atoms with E-state index in [1.54, 1.807) is 11.3 Å². The second kappa shape index (κ2) is 5.59. The number of thiazole rings is 1. The van der Waals surface area contributed by atoms with E-state index in [9.17, 15) is 9.90 Å². The molecule has 4 nitrogen and oxygen atoms in total. The van der Waals surface area contributed by atoms with E-state index in [-0.39, 0.29) is 5.41 Å². The summed E-state index contributed by atoms with van der Waals surface area (Å²) >= 11 is 1.57. The highest BCUT2D eigenvalue weighted by Crippen LogP contribution is 2.31. The third kappa shape index (κ3) is 3.34. The fourth-order valence-electron chi connectivity index (χ4n) is 2.40. The van der Waals surface area contributed by atoms with Crippen LogP contribution in [-0.4, -0.2) is 34.0 Å². The first-order valence-electron chi connectivity index (χ1n) is 6.82. The van der Waals surface area contributed by atoms with E-state index in [2.05, 4.69) is 25.8 Å². The van der Waals surface area contributed by atoms with Crippen molar-refractivity contribution in [3.63, 3.8) is 0 Å². The van der Waals surface area contributed by atoms with Gasteiger partial charge < -0.3 is 5.11 Å². The monoisotopic (exact) mass is 282 g/mol. The molecule has 1 aromatic rings. The van der Waals surface area contributed by atoms with Gasteiger partial charge in [-0.2, -0.15) is 0 Å². The summed E-state index contributed by atoms with van der Waals surface area (Å²) in [5.41, 5.74) is 0.678. The SMILES string of the molecule is CC(C)(C)c1nc(C(C(=O)O)N2CCCCC2)cs1. The molecule has 1 atom stereocenters. The first-order valence-corrected chi connectivity index (χ1v) is 7.70. The molecular weight excluding hydrogens is 260 g/mol. The number of hydrogen-bond acceptors (Lipinski definition) is 4. The van der Waals surface area contributed by atoms with Crippen LogP contribution in [0.15, 0.2) is 5.38 Å². The Bertz CT molecular complexity index is 445. The number of aromatic nitrogens is 1. The average molecular weight is 282 g/mol. The quantitative estimate of drug-likeness (QED) is 0.925. The summed E-state index contributed by atoms with van der Waals surface area (Å²) in [5.74, 6) is -0.785. The van der Waals surface area contributed by atoms with Crippen LogP contribution in [0.3, 0.4) is 0 Å². The van der Waals surface area contributed by atoms with Crippen molar-refractivity contribution < 1.29 is 9.90 Å². The maximum absolute atomic E-state index is 11.6. The van der Waals surface area contributed by atoms with Gasteiger partial charge in [0.1, 0.15) is 0 Å². The molecule has 5 heteroatoms. The van der Waals surface area contributed by atoms with Crippen molar-refractivity contribution in [1.29, 1.82) is 0 Å². The zero-order valence-corrected chi connectivity index (χ0v) is 12.7. The van der Waals surface area contributed by atoms with Crippen molar-refractivity contribution in [2.75, 3.05) is 13.1 Å². The van der Waals surface area contributed by atoms with Crippen molar-refractivity contribution in [3.05, 3.63) is 16.1 Å². The van der Waals surface area contributed by atoms with Gasteiger partial charge in [-0.05, 0) is 25.9 Å². The van der Waals surface area contributed by atoms with Crippen molar-refractivity contribution in [1.82, 2.24) is 9.88 Å². The Balaban J connectivity index is 2.24. The molecule has 0 saturated carbocycles. The number of aliphatic carboxylic acids is 1. The van der Waals surface area contributed by atoms with Crippen LogP contribution in [0.1, 0.15) is 56.8 Å². The second-order valence-corrected chi connectivity index (χ2v) is 7.02. The van der Waals surface area contributed by atoms with Crippen LogP contribution in [0.25, 0.3) is 0 Å². The Labute approximate surface area is 118 Å². The molecule has 1 fully saturated rings. The molecule has 0 radical (unpaired) electrons. The van der Waals surface area contributed by atoms with Gasteiger partial charge in [-0.25, -0.2) is 4.98 Å². The van der Waals surface area contributed by atoms with E-state index < -0.39 is 12.0 Å². The summed E-state index contributed by atoms with van der Waals surface area (Å²) in [7, 11) is 0. The minimum atomic E-state index is -0.785. The summed E-state index contributed by atoms with van der Waals surface area (Å²) in [4.78, 5) is 18.2. The Morgan fingerprint density at radius 1 is 1.37 bits per heavy atom. The Morgan fingerprint density at radius 2 is 2.00 bits per heavy atom. The lowest BCUT2D eigenvalue weighted by Crippen LogP contribution is -2.38. The molecule has 2 heterocycles. The normalized spacial score (nSPS) is 19.3. The number of nitrogens with zero attached hydrogens (tertiary/aromatic N) is 2. The number of piperidine rings is 1. The zero-order valence-electron chi connectivity index (χ0n) is 11.8. The minimum Gasteiger partial charge on any atom is -0.480 e. The molecule has 2 rings (SSSR count). The Kier molecular flexibility index (Phi) is 4.26. The van der Waals surface area contributed by atoms with Crippen LogP contribution in [0.2, 0.25) is 0 Å². The zero-order chi connectivity index (χ0) is 14.0. The molecule has 106 valence electrons. The molecule has 1 aliphatic heterocycles. The van der Waals surface area contributed by atoms with E-state index in [4.69, 9.17) is 0 Å². The molecule has 1 unspecified atom stereocenters. The van der Waals surface area contributed by atoms with E-state index in [1.807, 2.05) is 10.3 Å². The lowest BCUT2D eigenvalue weighted by Gasteiger charge is -2.31. The molecule has 0 spiro atoms. The van der Waals surface area contributed by atoms with Crippen LogP contribution in [-0.2, 0) is 10.2 Å². The van der Waals surface area contributed by atoms with E-state index in [0.29, 0.717) is 5.69 Å². The minimum absolute atomic E-state index is 0.0200. The first-order chi connectivity index (χ1) is 8.89. The molecule has 0 aliphatic carbocycles. The van der Waals surface area contributed by atoms with Crippen LogP contribution in [0.5, 0.6) is 0 Å². The van der Waals surface area contributed by atoms with E-state index in [0.717, 1.165) is 30.9 Å². The van der Waals surface area contributed by atoms with Gasteiger partial charge in [-0.3, -0.25) is 9.69 Å². The molecule has 19 heavy (non-hydrogen) atoms. The van der Waals surface area contributed by atoms with Gasteiger partial charge >= 0.3 is 5.97 Å². The third-order valence-corrected chi connectivity index (χ3v) is 4.72. The van der Waals surface area contributed by atoms with Gasteiger partial charge in [0.15, 0.2) is 6.04 Å². The number of carboxylic acid groups (broad SMARTS) is 1. The number of rotatable bonds is 3. The highest BCUT2D eigenvalue weighted by atomic mass is 32.1. The number of carboxylic acids is 1. The van der Waals surface area contributed by atoms with Gasteiger partial charge in [-0.15, -0.1) is 11.3 Å². The lowest BCUT2D eigenvalue weighted by molar-refractivity contribution is -0.144. The van der Waals surface area contributed by atoms with Gasteiger partial charge in [0.25, 0.3) is 0 Å². The van der Waals surface area contributed by atoms with Crippen molar-refractivity contribution in [3.8, 4) is 0 Å². The average Bonchev–Trinajstić information content (AvgIpc) is 2.79. The van der Waals surface area contributed by atoms with E-state index >= 15 is 0 Å². The fraction of sp³-hybridized carbons (Fsp3) is 0.714. The molecule has 1 N–H and O–H groups in total. The van der Waals surface area contributed by atoms with Crippen LogP contribution >= 0.6 is 11.3 Å². The molecule has 1 saturated heterocycles. The summed E-state index contributed by atoms with van der Waals surface area (Å²) in [6.07, 6.45) is 3.37. The van der Waals surface area contributed by atoms with Gasteiger partial charge in [-0.1, -0.05) is 27.2 Å². The maximum atomic E-state index is 11.6. The Morgan fingerprint density at radius 3 is 2.47 bits per heavy atom. The summed E-state index contributed by atoms with van der Waals surface area (Å²) < 4.78 is 0. The molecule has 1 aliphatic rings. The highest BCUT2D eigenvalue weighted by Gasteiger charge is 2.31. The van der Waals surface area contributed by atoms with Gasteiger partial charge in [0.05, 0.1) is 10.7 Å². The van der Waals surface area contributed by atoms with Crippen molar-refractivity contribution in [2.45, 2.75) is 51.5 Å². The molecule has 0 bridgehead atoms. The highest BCUT2D eigenvalue weighted by molar-refractivity contribution is 7.09. The third-order valence-electron chi connectivity index (χ3n) is 3.43. The second-order valence-electron chi connectivity index (χ2n) is 6.16. The van der Waals surface area contributed by atoms with Crippen LogP contribution in [0.4, 0.5) is 0 Å². The van der Waals surface area contributed by atoms with Crippen molar-refractivity contribution >= 4 is 17.3 Å². The maximum Gasteiger partial charge on any atom is 0.327 e. The van der Waals surface area contributed by atoms with Crippen molar-refractivity contribution in [2.24, 2.45) is 0 Å². The number of hydrogen-bond donors (Lipinski definition) is 1. The lowest BCUT2D eigenvalue weighted by atomic mass is 9.98. The first kappa shape index (κ1) is 14.5. The predicted octanol–water partition coefficient (Wildman–Crippen LogP) is 3.05. The molecule has 0 amide bonds. The number of carbonyl (C=O) groups is 1. The topological polar surface area (TPSA) is 53.4 Å². The summed E-state index contributed by atoms with van der Waals surface area (Å²) in [5, 5.41) is 12.4. The summed E-state index contributed by atoms with van der Waals surface area (Å²) in [6, 6.07) is -0.576. The largest absolute Gasteiger partial charge is 0.480 e. The molecule has 0 aromatic carbocycles. The van der Waals surface area contributed by atoms with Crippen LogP contribution < -0.4 is 0 Å². The summed E-state index contributed by atoms with van der Waals surface area (Å²) in [6.45, 7) is 8.03. The number of likely N-dealkylation sites (tertiary alicyclic amines) is 1. The predicted molar refractivity (Wildman–Crippen MR) is 76.6 cm³/mol. The standard InChI is InChI=1S/C14H22N2O2S/c1-14(2,3)13-15-10(9-19-13)11(12(17)18)16-7-5-4-6-8-16/h9,11H,4-8H2,1-3H3,(H,17,18). The fourth-order valence-corrected chi connectivity index (χ4v) is 3.33. The van der Waals surface area contributed by atoms with Gasteiger partial charge in [0, 0.05) is 10.8 Å². The smallest absolute Gasteiger partial charge is 0.327 e. The van der Waals surface area contributed by atoms with E-state index in [1.165, 1.54) is 6.42 Å². The van der Waals surface area contributed by atoms with Gasteiger partial charge in [0.2, 0.25) is 0 Å².